The van der Waals surface area contributed by atoms with E-state index in [0.29, 0.717) is 46.1 Å². The Kier molecular flexibility index (Phi) is 4.64. The molecule has 3 aliphatic carbocycles. The number of aromatic nitrogens is 5. The molecule has 4 aromatic rings. The molecular weight excluding hydrogens is 431 g/mol. The lowest BCUT2D eigenvalue weighted by Crippen LogP contribution is -2.47. The quantitative estimate of drug-likeness (QED) is 0.412. The van der Waals surface area contributed by atoms with Gasteiger partial charge in [-0.3, -0.25) is 0 Å². The summed E-state index contributed by atoms with van der Waals surface area (Å²) in [5, 5.41) is 3.74. The van der Waals surface area contributed by atoms with Gasteiger partial charge < -0.3 is 14.7 Å². The maximum atomic E-state index is 15.6. The zero-order valence-electron chi connectivity index (χ0n) is 17.5. The number of aromatic amines is 1. The highest BCUT2D eigenvalue weighted by atomic mass is 35.5. The van der Waals surface area contributed by atoms with Gasteiger partial charge in [0.05, 0.1) is 18.0 Å². The lowest BCUT2D eigenvalue weighted by Gasteiger charge is -2.47. The Bertz CT molecular complexity index is 1280. The van der Waals surface area contributed by atoms with Crippen LogP contribution in [0.2, 0.25) is 5.15 Å². The predicted molar refractivity (Wildman–Crippen MR) is 120 cm³/mol. The molecule has 164 valence electrons. The van der Waals surface area contributed by atoms with Crippen LogP contribution in [0, 0.1) is 23.6 Å². The van der Waals surface area contributed by atoms with Crippen LogP contribution in [0.15, 0.2) is 35.2 Å². The molecule has 32 heavy (non-hydrogen) atoms. The number of H-pyrrole nitrogens is 1. The topological polar surface area (TPSA) is 92.5 Å². The molecule has 3 aliphatic rings. The van der Waals surface area contributed by atoms with Crippen molar-refractivity contribution in [2.24, 2.45) is 17.8 Å². The first-order chi connectivity index (χ1) is 15.6. The summed E-state index contributed by atoms with van der Waals surface area (Å²) in [6.45, 7) is 2.26. The van der Waals surface area contributed by atoms with E-state index in [1.807, 2.05) is 0 Å². The van der Waals surface area contributed by atoms with E-state index in [1.54, 1.807) is 18.3 Å². The van der Waals surface area contributed by atoms with Crippen molar-refractivity contribution in [1.29, 1.82) is 0 Å². The number of rotatable bonds is 4. The van der Waals surface area contributed by atoms with Crippen LogP contribution in [0.5, 0.6) is 0 Å². The van der Waals surface area contributed by atoms with Crippen LogP contribution in [0.3, 0.4) is 0 Å². The second kappa shape index (κ2) is 7.55. The fraction of sp³-hybridized carbons (Fsp3) is 0.391. The molecule has 0 spiro atoms. The second-order valence-corrected chi connectivity index (χ2v) is 9.22. The number of anilines is 1. The number of hydrogen-bond acceptors (Lipinski definition) is 6. The summed E-state index contributed by atoms with van der Waals surface area (Å²) in [6, 6.07) is 3.59. The number of halogens is 2. The fourth-order valence-corrected chi connectivity index (χ4v) is 5.58. The van der Waals surface area contributed by atoms with Gasteiger partial charge >= 0.3 is 0 Å². The molecule has 3 fully saturated rings. The number of nitrogens with zero attached hydrogens (tertiary/aromatic N) is 4. The van der Waals surface area contributed by atoms with Crippen molar-refractivity contribution in [2.45, 2.75) is 38.6 Å². The summed E-state index contributed by atoms with van der Waals surface area (Å²) >= 11 is 5.97. The van der Waals surface area contributed by atoms with Crippen LogP contribution in [0.1, 0.15) is 32.6 Å². The molecule has 0 radical (unpaired) electrons. The average molecular weight is 453 g/mol. The van der Waals surface area contributed by atoms with Crippen LogP contribution in [0.25, 0.3) is 34.0 Å². The van der Waals surface area contributed by atoms with Gasteiger partial charge in [0.15, 0.2) is 28.9 Å². The highest BCUT2D eigenvalue weighted by molar-refractivity contribution is 6.29. The molecule has 0 amide bonds. The van der Waals surface area contributed by atoms with Gasteiger partial charge in [0.2, 0.25) is 0 Å². The van der Waals surface area contributed by atoms with E-state index in [9.17, 15) is 0 Å². The number of fused-ring (bicyclic) bond motifs is 4. The molecule has 3 saturated carbocycles. The standard InChI is InChI=1S/C23H22ClFN6O/c1-11-12-4-6-13(7-5-12)18(11)29-22-17(25)20(15-3-2-8-32-15)30-21(31-22)14-9-27-23-19(14)26-10-16(24)28-23/h2-3,8-13,18H,4-7H2,1H3,(H,27,28)(H,29,30,31)/t11-,12?,13?,18+/m0/s1. The van der Waals surface area contributed by atoms with Crippen molar-refractivity contribution in [3.8, 4) is 22.8 Å². The van der Waals surface area contributed by atoms with E-state index in [-0.39, 0.29) is 22.7 Å². The summed E-state index contributed by atoms with van der Waals surface area (Å²) in [5.41, 5.74) is 1.83. The number of furan rings is 1. The first-order valence-electron chi connectivity index (χ1n) is 11.0. The third-order valence-corrected chi connectivity index (χ3v) is 7.32. The van der Waals surface area contributed by atoms with E-state index in [0.717, 1.165) is 0 Å². The normalized spacial score (nSPS) is 24.8. The van der Waals surface area contributed by atoms with E-state index < -0.39 is 5.82 Å². The van der Waals surface area contributed by atoms with E-state index in [4.69, 9.17) is 16.0 Å². The van der Waals surface area contributed by atoms with Gasteiger partial charge in [-0.2, -0.15) is 0 Å². The zero-order valence-corrected chi connectivity index (χ0v) is 18.2. The summed E-state index contributed by atoms with van der Waals surface area (Å²) in [5.74, 6) is 2.06. The Labute approximate surface area is 188 Å². The van der Waals surface area contributed by atoms with Gasteiger partial charge in [0, 0.05) is 12.2 Å². The third-order valence-electron chi connectivity index (χ3n) is 7.14. The van der Waals surface area contributed by atoms with Crippen LogP contribution in [-0.4, -0.2) is 31.0 Å². The molecule has 4 heterocycles. The summed E-state index contributed by atoms with van der Waals surface area (Å²) in [4.78, 5) is 20.8. The maximum Gasteiger partial charge on any atom is 0.194 e. The Morgan fingerprint density at radius 2 is 1.97 bits per heavy atom. The lowest BCUT2D eigenvalue weighted by molar-refractivity contribution is 0.0926. The van der Waals surface area contributed by atoms with Gasteiger partial charge in [0.25, 0.3) is 0 Å². The van der Waals surface area contributed by atoms with E-state index in [1.165, 1.54) is 38.1 Å². The van der Waals surface area contributed by atoms with Crippen LogP contribution in [0.4, 0.5) is 10.2 Å². The molecule has 2 N–H and O–H groups in total. The predicted octanol–water partition coefficient (Wildman–Crippen LogP) is 5.70. The molecular formula is C23H22ClFN6O. The molecule has 0 aliphatic heterocycles. The Morgan fingerprint density at radius 3 is 2.72 bits per heavy atom. The first-order valence-corrected chi connectivity index (χ1v) is 11.3. The second-order valence-electron chi connectivity index (χ2n) is 8.83. The summed E-state index contributed by atoms with van der Waals surface area (Å²) in [7, 11) is 0. The largest absolute Gasteiger partial charge is 0.463 e. The van der Waals surface area contributed by atoms with Crippen LogP contribution < -0.4 is 5.32 Å². The van der Waals surface area contributed by atoms with Gasteiger partial charge in [-0.15, -0.1) is 0 Å². The molecule has 0 saturated heterocycles. The monoisotopic (exact) mass is 452 g/mol. The summed E-state index contributed by atoms with van der Waals surface area (Å²) in [6.07, 6.45) is 9.57. The number of hydrogen-bond donors (Lipinski definition) is 2. The minimum Gasteiger partial charge on any atom is -0.463 e. The van der Waals surface area contributed by atoms with Crippen molar-refractivity contribution < 1.29 is 8.81 Å². The van der Waals surface area contributed by atoms with Crippen molar-refractivity contribution >= 4 is 28.6 Å². The highest BCUT2D eigenvalue weighted by Gasteiger charge is 2.41. The van der Waals surface area contributed by atoms with Crippen molar-refractivity contribution in [1.82, 2.24) is 24.9 Å². The van der Waals surface area contributed by atoms with Crippen molar-refractivity contribution in [2.75, 3.05) is 5.32 Å². The molecule has 2 atom stereocenters. The SMILES string of the molecule is C[C@H]1C2CCC(CC2)[C@@H]1Nc1nc(-c2c[nH]c3nc(Cl)cnc23)nc(-c2ccco2)c1F. The highest BCUT2D eigenvalue weighted by Crippen LogP contribution is 2.46. The smallest absolute Gasteiger partial charge is 0.194 e. The summed E-state index contributed by atoms with van der Waals surface area (Å²) < 4.78 is 21.1. The zero-order chi connectivity index (χ0) is 21.8. The van der Waals surface area contributed by atoms with Crippen LogP contribution >= 0.6 is 11.6 Å². The molecule has 0 aromatic carbocycles. The lowest BCUT2D eigenvalue weighted by atomic mass is 9.62. The molecule has 7 nitrogen and oxygen atoms in total. The van der Waals surface area contributed by atoms with E-state index in [2.05, 4.69) is 37.2 Å². The Balaban J connectivity index is 1.47. The molecule has 7 rings (SSSR count). The number of nitrogens with one attached hydrogen (secondary N) is 2. The molecule has 0 unspecified atom stereocenters. The van der Waals surface area contributed by atoms with Gasteiger partial charge in [0.1, 0.15) is 16.4 Å². The first kappa shape index (κ1) is 19.7. The van der Waals surface area contributed by atoms with Crippen molar-refractivity contribution in [3.63, 3.8) is 0 Å². The Hall–Kier alpha value is -3.00. The Morgan fingerprint density at radius 1 is 1.16 bits per heavy atom. The molecule has 2 bridgehead atoms. The maximum absolute atomic E-state index is 15.6. The van der Waals surface area contributed by atoms with Crippen LogP contribution in [-0.2, 0) is 0 Å². The molecule has 4 aromatic heterocycles. The third kappa shape index (κ3) is 3.16. The average Bonchev–Trinajstić information content (AvgIpc) is 3.48. The fourth-order valence-electron chi connectivity index (χ4n) is 5.44. The molecule has 9 heteroatoms. The van der Waals surface area contributed by atoms with Gasteiger partial charge in [-0.05, 0) is 55.6 Å². The minimum atomic E-state index is -0.508. The van der Waals surface area contributed by atoms with E-state index >= 15 is 4.39 Å². The van der Waals surface area contributed by atoms with Crippen molar-refractivity contribution in [3.05, 3.63) is 41.8 Å². The van der Waals surface area contributed by atoms with Gasteiger partial charge in [-0.1, -0.05) is 18.5 Å². The van der Waals surface area contributed by atoms with Gasteiger partial charge in [-0.25, -0.2) is 24.3 Å². The minimum absolute atomic E-state index is 0.118.